The summed E-state index contributed by atoms with van der Waals surface area (Å²) < 4.78 is 0. The monoisotopic (exact) mass is 280 g/mol. The molecule has 0 N–H and O–H groups in total. The Bertz CT molecular complexity index is 232. The summed E-state index contributed by atoms with van der Waals surface area (Å²) in [4.78, 5) is 7.18. The van der Waals surface area contributed by atoms with Crippen LogP contribution in [0.4, 0.5) is 0 Å². The van der Waals surface area contributed by atoms with Gasteiger partial charge in [0.25, 0.3) is 0 Å². The molecule has 0 saturated carbocycles. The molecule has 0 spiro atoms. The van der Waals surface area contributed by atoms with Gasteiger partial charge in [0.15, 0.2) is 0 Å². The average Bonchev–Trinajstić information content (AvgIpc) is 2.99. The molecule has 1 rings (SSSR count). The average molecular weight is 281 g/mol. The fourth-order valence-electron chi connectivity index (χ4n) is 2.99. The Morgan fingerprint density at radius 1 is 0.950 bits per heavy atom. The molecule has 0 aromatic rings. The van der Waals surface area contributed by atoms with Crippen molar-refractivity contribution in [3.05, 3.63) is 0 Å². The van der Waals surface area contributed by atoms with Crippen LogP contribution in [0.2, 0.25) is 0 Å². The van der Waals surface area contributed by atoms with E-state index >= 15 is 0 Å². The predicted octanol–water partition coefficient (Wildman–Crippen LogP) is 5.07. The van der Waals surface area contributed by atoms with Crippen molar-refractivity contribution in [3.8, 4) is 0 Å². The van der Waals surface area contributed by atoms with Gasteiger partial charge in [-0.25, -0.2) is 0 Å². The number of likely N-dealkylation sites (tertiary alicyclic amines) is 1. The van der Waals surface area contributed by atoms with E-state index in [0.29, 0.717) is 6.04 Å². The zero-order chi connectivity index (χ0) is 14.5. The van der Waals surface area contributed by atoms with Gasteiger partial charge in [-0.05, 0) is 45.7 Å². The molecule has 0 radical (unpaired) electrons. The molecule has 1 aliphatic rings. The van der Waals surface area contributed by atoms with Crippen molar-refractivity contribution in [2.24, 2.45) is 4.99 Å². The molecule has 0 bridgehead atoms. The summed E-state index contributed by atoms with van der Waals surface area (Å²) >= 11 is 0. The number of hydrogen-bond donors (Lipinski definition) is 0. The SMILES string of the molecule is CCCCCCCCCCN=CCC(C)N1CCCC1. The van der Waals surface area contributed by atoms with Gasteiger partial charge in [-0.3, -0.25) is 4.99 Å². The van der Waals surface area contributed by atoms with Crippen LogP contribution in [0.15, 0.2) is 4.99 Å². The van der Waals surface area contributed by atoms with Gasteiger partial charge in [-0.15, -0.1) is 0 Å². The van der Waals surface area contributed by atoms with Crippen LogP contribution < -0.4 is 0 Å². The third-order valence-electron chi connectivity index (χ3n) is 4.48. The highest BCUT2D eigenvalue weighted by Crippen LogP contribution is 2.13. The molecule has 0 aliphatic carbocycles. The Hall–Kier alpha value is -0.370. The molecule has 0 aromatic heterocycles. The normalized spacial score (nSPS) is 18.1. The van der Waals surface area contributed by atoms with Crippen molar-refractivity contribution >= 4 is 6.21 Å². The van der Waals surface area contributed by atoms with Gasteiger partial charge in [-0.1, -0.05) is 51.9 Å². The number of hydrogen-bond acceptors (Lipinski definition) is 2. The fraction of sp³-hybridized carbons (Fsp3) is 0.944. The van der Waals surface area contributed by atoms with Crippen molar-refractivity contribution in [2.45, 2.75) is 90.5 Å². The molecule has 1 saturated heterocycles. The topological polar surface area (TPSA) is 15.6 Å². The van der Waals surface area contributed by atoms with Crippen LogP contribution in [-0.4, -0.2) is 36.8 Å². The molecule has 1 atom stereocenters. The van der Waals surface area contributed by atoms with Crippen LogP contribution >= 0.6 is 0 Å². The Morgan fingerprint density at radius 3 is 2.20 bits per heavy atom. The van der Waals surface area contributed by atoms with Crippen LogP contribution in [-0.2, 0) is 0 Å². The Morgan fingerprint density at radius 2 is 1.55 bits per heavy atom. The van der Waals surface area contributed by atoms with Crippen LogP contribution in [0.1, 0.15) is 84.5 Å². The molecular weight excluding hydrogens is 244 g/mol. The summed E-state index contributed by atoms with van der Waals surface area (Å²) in [7, 11) is 0. The summed E-state index contributed by atoms with van der Waals surface area (Å²) in [6, 6.07) is 0.694. The minimum Gasteiger partial charge on any atom is -0.300 e. The van der Waals surface area contributed by atoms with Crippen molar-refractivity contribution in [1.82, 2.24) is 4.90 Å². The molecule has 1 aliphatic heterocycles. The van der Waals surface area contributed by atoms with E-state index in [-0.39, 0.29) is 0 Å². The first-order valence-electron chi connectivity index (χ1n) is 9.07. The highest BCUT2D eigenvalue weighted by atomic mass is 15.2. The standard InChI is InChI=1S/C18H36N2/c1-3-4-5-6-7-8-9-10-14-19-15-13-18(2)20-16-11-12-17-20/h15,18H,3-14,16-17H2,1-2H3. The smallest absolute Gasteiger partial charge is 0.0385 e. The molecule has 2 heteroatoms. The van der Waals surface area contributed by atoms with E-state index < -0.39 is 0 Å². The second-order valence-electron chi connectivity index (χ2n) is 6.39. The third-order valence-corrected chi connectivity index (χ3v) is 4.48. The zero-order valence-corrected chi connectivity index (χ0v) is 13.9. The van der Waals surface area contributed by atoms with Crippen molar-refractivity contribution in [3.63, 3.8) is 0 Å². The first-order valence-corrected chi connectivity index (χ1v) is 9.07. The largest absolute Gasteiger partial charge is 0.300 e. The van der Waals surface area contributed by atoms with Gasteiger partial charge in [0.05, 0.1) is 0 Å². The molecule has 20 heavy (non-hydrogen) atoms. The Labute approximate surface area is 127 Å². The Kier molecular flexibility index (Phi) is 10.9. The molecule has 2 nitrogen and oxygen atoms in total. The van der Waals surface area contributed by atoms with Crippen molar-refractivity contribution < 1.29 is 0 Å². The maximum atomic E-state index is 4.58. The first-order chi connectivity index (χ1) is 9.84. The summed E-state index contributed by atoms with van der Waals surface area (Å²) in [5, 5.41) is 0. The van der Waals surface area contributed by atoms with E-state index in [2.05, 4.69) is 30.0 Å². The summed E-state index contributed by atoms with van der Waals surface area (Å²) in [6.07, 6.45) is 17.2. The van der Waals surface area contributed by atoms with E-state index in [1.165, 1.54) is 77.3 Å². The van der Waals surface area contributed by atoms with Crippen LogP contribution in [0.3, 0.4) is 0 Å². The summed E-state index contributed by atoms with van der Waals surface area (Å²) in [5.41, 5.74) is 0. The first kappa shape index (κ1) is 17.7. The third kappa shape index (κ3) is 8.73. The van der Waals surface area contributed by atoms with Gasteiger partial charge in [0.2, 0.25) is 0 Å². The van der Waals surface area contributed by atoms with Gasteiger partial charge >= 0.3 is 0 Å². The Balaban J connectivity index is 1.84. The van der Waals surface area contributed by atoms with E-state index in [1.54, 1.807) is 0 Å². The lowest BCUT2D eigenvalue weighted by molar-refractivity contribution is 0.266. The second-order valence-corrected chi connectivity index (χ2v) is 6.39. The maximum absolute atomic E-state index is 4.58. The molecular formula is C18H36N2. The molecule has 1 heterocycles. The minimum absolute atomic E-state index is 0.694. The zero-order valence-electron chi connectivity index (χ0n) is 13.9. The second kappa shape index (κ2) is 12.4. The fourth-order valence-corrected chi connectivity index (χ4v) is 2.99. The van der Waals surface area contributed by atoms with Crippen molar-refractivity contribution in [1.29, 1.82) is 0 Å². The lowest BCUT2D eigenvalue weighted by Gasteiger charge is -2.21. The number of rotatable bonds is 12. The number of unbranched alkanes of at least 4 members (excludes halogenated alkanes) is 7. The molecule has 0 amide bonds. The highest BCUT2D eigenvalue weighted by molar-refractivity contribution is 5.57. The molecule has 1 unspecified atom stereocenters. The van der Waals surface area contributed by atoms with Gasteiger partial charge in [0, 0.05) is 18.8 Å². The van der Waals surface area contributed by atoms with E-state index in [1.807, 2.05) is 0 Å². The molecule has 1 fully saturated rings. The van der Waals surface area contributed by atoms with Crippen LogP contribution in [0.5, 0.6) is 0 Å². The summed E-state index contributed by atoms with van der Waals surface area (Å²) in [6.45, 7) is 8.26. The lowest BCUT2D eigenvalue weighted by Crippen LogP contribution is -2.30. The number of nitrogens with zero attached hydrogens (tertiary/aromatic N) is 2. The highest BCUT2D eigenvalue weighted by Gasteiger charge is 2.16. The van der Waals surface area contributed by atoms with Gasteiger partial charge < -0.3 is 4.90 Å². The summed E-state index contributed by atoms with van der Waals surface area (Å²) in [5.74, 6) is 0. The van der Waals surface area contributed by atoms with Crippen LogP contribution in [0, 0.1) is 0 Å². The lowest BCUT2D eigenvalue weighted by atomic mass is 10.1. The van der Waals surface area contributed by atoms with Gasteiger partial charge in [-0.2, -0.15) is 0 Å². The quantitative estimate of drug-likeness (QED) is 0.360. The van der Waals surface area contributed by atoms with E-state index in [0.717, 1.165) is 13.0 Å². The molecule has 118 valence electrons. The molecule has 0 aromatic carbocycles. The number of aliphatic imine (C=N–C) groups is 1. The predicted molar refractivity (Wildman–Crippen MR) is 90.9 cm³/mol. The van der Waals surface area contributed by atoms with E-state index in [9.17, 15) is 0 Å². The maximum Gasteiger partial charge on any atom is 0.0385 e. The minimum atomic E-state index is 0.694. The van der Waals surface area contributed by atoms with Crippen molar-refractivity contribution in [2.75, 3.05) is 19.6 Å². The van der Waals surface area contributed by atoms with Gasteiger partial charge in [0.1, 0.15) is 0 Å². The van der Waals surface area contributed by atoms with E-state index in [4.69, 9.17) is 0 Å². The van der Waals surface area contributed by atoms with Crippen LogP contribution in [0.25, 0.3) is 0 Å².